The van der Waals surface area contributed by atoms with Gasteiger partial charge >= 0.3 is 12.0 Å². The van der Waals surface area contributed by atoms with Crippen molar-refractivity contribution in [3.05, 3.63) is 0 Å². The number of rotatable bonds is 5. The first-order chi connectivity index (χ1) is 9.52. The highest BCUT2D eigenvalue weighted by atomic mass is 16.5. The number of hydrogen-bond donors (Lipinski definition) is 2. The zero-order valence-corrected chi connectivity index (χ0v) is 12.1. The largest absolute Gasteiger partial charge is 0.481 e. The van der Waals surface area contributed by atoms with Gasteiger partial charge in [-0.2, -0.15) is 0 Å². The van der Waals surface area contributed by atoms with Crippen molar-refractivity contribution in [2.45, 2.75) is 44.6 Å². The molecule has 6 heteroatoms. The summed E-state index contributed by atoms with van der Waals surface area (Å²) in [5, 5.41) is 11.9. The van der Waals surface area contributed by atoms with E-state index in [1.54, 1.807) is 11.9 Å². The summed E-state index contributed by atoms with van der Waals surface area (Å²) in [4.78, 5) is 24.8. The number of carbonyl (C=O) groups is 2. The van der Waals surface area contributed by atoms with E-state index in [1.165, 1.54) is 0 Å². The highest BCUT2D eigenvalue weighted by molar-refractivity contribution is 5.74. The third kappa shape index (κ3) is 3.62. The number of aliphatic carboxylic acids is 1. The van der Waals surface area contributed by atoms with Crippen LogP contribution in [0.15, 0.2) is 0 Å². The second kappa shape index (κ2) is 6.43. The highest BCUT2D eigenvalue weighted by Gasteiger charge is 2.39. The molecule has 0 unspecified atom stereocenters. The first kappa shape index (κ1) is 15.1. The van der Waals surface area contributed by atoms with E-state index in [0.717, 1.165) is 32.1 Å². The van der Waals surface area contributed by atoms with E-state index in [0.29, 0.717) is 19.8 Å². The van der Waals surface area contributed by atoms with Crippen molar-refractivity contribution in [3.8, 4) is 0 Å². The number of ether oxygens (including phenoxy) is 1. The van der Waals surface area contributed by atoms with Gasteiger partial charge in [0.1, 0.15) is 0 Å². The number of hydrogen-bond acceptors (Lipinski definition) is 3. The molecule has 1 saturated heterocycles. The van der Waals surface area contributed by atoms with Gasteiger partial charge in [0.25, 0.3) is 0 Å². The van der Waals surface area contributed by atoms with Gasteiger partial charge in [-0.25, -0.2) is 4.79 Å². The maximum absolute atomic E-state index is 12.1. The maximum atomic E-state index is 12.1. The quantitative estimate of drug-likeness (QED) is 0.801. The number of amides is 2. The lowest BCUT2D eigenvalue weighted by atomic mass is 9.66. The van der Waals surface area contributed by atoms with Gasteiger partial charge in [0.05, 0.1) is 6.42 Å². The topological polar surface area (TPSA) is 78.9 Å². The summed E-state index contributed by atoms with van der Waals surface area (Å²) in [6, 6.07) is 0.120. The van der Waals surface area contributed by atoms with Crippen LogP contribution < -0.4 is 5.32 Å². The van der Waals surface area contributed by atoms with E-state index >= 15 is 0 Å². The van der Waals surface area contributed by atoms with Crippen LogP contribution >= 0.6 is 0 Å². The van der Waals surface area contributed by atoms with E-state index in [-0.39, 0.29) is 23.9 Å². The summed E-state index contributed by atoms with van der Waals surface area (Å²) >= 11 is 0. The molecule has 1 aliphatic heterocycles. The average molecular weight is 284 g/mol. The van der Waals surface area contributed by atoms with Crippen molar-refractivity contribution < 1.29 is 19.4 Å². The van der Waals surface area contributed by atoms with Crippen LogP contribution in [-0.4, -0.2) is 54.9 Å². The molecule has 2 N–H and O–H groups in total. The second-order valence-corrected chi connectivity index (χ2v) is 6.04. The van der Waals surface area contributed by atoms with Crippen LogP contribution in [0, 0.1) is 5.41 Å². The number of nitrogens with one attached hydrogen (secondary N) is 1. The van der Waals surface area contributed by atoms with Crippen LogP contribution in [-0.2, 0) is 9.53 Å². The zero-order valence-electron chi connectivity index (χ0n) is 12.1. The first-order valence-corrected chi connectivity index (χ1v) is 7.33. The molecule has 0 aromatic carbocycles. The SMILES string of the molecule is CN(C(=O)NCC1(CC(=O)O)CCC1)C1CCOCC1. The molecule has 1 aliphatic carbocycles. The molecule has 2 amide bonds. The lowest BCUT2D eigenvalue weighted by Gasteiger charge is -2.41. The van der Waals surface area contributed by atoms with Crippen molar-refractivity contribution in [2.24, 2.45) is 5.41 Å². The molecule has 2 aliphatic rings. The number of carboxylic acid groups (broad SMARTS) is 1. The van der Waals surface area contributed by atoms with Gasteiger partial charge in [-0.15, -0.1) is 0 Å². The third-order valence-corrected chi connectivity index (χ3v) is 4.61. The van der Waals surface area contributed by atoms with Crippen LogP contribution in [0.5, 0.6) is 0 Å². The summed E-state index contributed by atoms with van der Waals surface area (Å²) in [7, 11) is 1.80. The molecule has 0 spiro atoms. The lowest BCUT2D eigenvalue weighted by molar-refractivity contribution is -0.141. The van der Waals surface area contributed by atoms with E-state index in [9.17, 15) is 9.59 Å². The fourth-order valence-corrected chi connectivity index (χ4v) is 3.04. The van der Waals surface area contributed by atoms with Gasteiger partial charge in [0, 0.05) is 32.8 Å². The van der Waals surface area contributed by atoms with Crippen LogP contribution in [0.4, 0.5) is 4.79 Å². The molecule has 0 atom stereocenters. The molecular formula is C14H24N2O4. The van der Waals surface area contributed by atoms with Gasteiger partial charge in [-0.05, 0) is 31.1 Å². The molecule has 20 heavy (non-hydrogen) atoms. The molecule has 0 bridgehead atoms. The van der Waals surface area contributed by atoms with Crippen molar-refractivity contribution in [2.75, 3.05) is 26.8 Å². The Kier molecular flexibility index (Phi) is 4.86. The number of carboxylic acids is 1. The molecule has 2 rings (SSSR count). The smallest absolute Gasteiger partial charge is 0.317 e. The predicted octanol–water partition coefficient (Wildman–Crippen LogP) is 1.45. The monoisotopic (exact) mass is 284 g/mol. The minimum absolute atomic E-state index is 0.103. The lowest BCUT2D eigenvalue weighted by Crippen LogP contribution is -2.50. The number of carbonyl (C=O) groups excluding carboxylic acids is 1. The summed E-state index contributed by atoms with van der Waals surface area (Å²) < 4.78 is 5.29. The van der Waals surface area contributed by atoms with E-state index in [2.05, 4.69) is 5.32 Å². The zero-order chi connectivity index (χ0) is 14.6. The fourth-order valence-electron chi connectivity index (χ4n) is 3.04. The van der Waals surface area contributed by atoms with Crippen molar-refractivity contribution in [3.63, 3.8) is 0 Å². The number of nitrogens with zero attached hydrogens (tertiary/aromatic N) is 1. The Morgan fingerprint density at radius 1 is 1.35 bits per heavy atom. The maximum Gasteiger partial charge on any atom is 0.317 e. The van der Waals surface area contributed by atoms with Gasteiger partial charge < -0.3 is 20.1 Å². The van der Waals surface area contributed by atoms with Crippen LogP contribution in [0.3, 0.4) is 0 Å². The summed E-state index contributed by atoms with van der Waals surface area (Å²) in [5.41, 5.74) is -0.224. The van der Waals surface area contributed by atoms with Crippen LogP contribution in [0.2, 0.25) is 0 Å². The normalized spacial score (nSPS) is 21.9. The van der Waals surface area contributed by atoms with Gasteiger partial charge in [0.15, 0.2) is 0 Å². The van der Waals surface area contributed by atoms with Gasteiger partial charge in [0.2, 0.25) is 0 Å². The molecule has 0 aromatic rings. The molecule has 0 aromatic heterocycles. The molecule has 1 heterocycles. The average Bonchev–Trinajstić information content (AvgIpc) is 2.41. The predicted molar refractivity (Wildman–Crippen MR) is 73.5 cm³/mol. The van der Waals surface area contributed by atoms with Gasteiger partial charge in [-0.3, -0.25) is 4.79 Å². The van der Waals surface area contributed by atoms with Crippen molar-refractivity contribution in [1.82, 2.24) is 10.2 Å². The Balaban J connectivity index is 1.80. The van der Waals surface area contributed by atoms with Gasteiger partial charge in [-0.1, -0.05) is 6.42 Å². The minimum atomic E-state index is -0.781. The van der Waals surface area contributed by atoms with E-state index < -0.39 is 5.97 Å². The Hall–Kier alpha value is -1.30. The van der Waals surface area contributed by atoms with E-state index in [4.69, 9.17) is 9.84 Å². The Morgan fingerprint density at radius 3 is 2.50 bits per heavy atom. The highest BCUT2D eigenvalue weighted by Crippen LogP contribution is 2.43. The Bertz CT molecular complexity index is 362. The molecule has 2 fully saturated rings. The standard InChI is InChI=1S/C14H24N2O4/c1-16(11-3-7-20-8-4-11)13(19)15-10-14(5-2-6-14)9-12(17)18/h11H,2-10H2,1H3,(H,15,19)(H,17,18). The molecule has 1 saturated carbocycles. The summed E-state index contributed by atoms with van der Waals surface area (Å²) in [5.74, 6) is -0.781. The molecule has 114 valence electrons. The third-order valence-electron chi connectivity index (χ3n) is 4.61. The summed E-state index contributed by atoms with van der Waals surface area (Å²) in [6.07, 6.45) is 4.71. The molecule has 6 nitrogen and oxygen atoms in total. The van der Waals surface area contributed by atoms with Crippen LogP contribution in [0.1, 0.15) is 38.5 Å². The summed E-state index contributed by atoms with van der Waals surface area (Å²) in [6.45, 7) is 1.86. The fraction of sp³-hybridized carbons (Fsp3) is 0.857. The second-order valence-electron chi connectivity index (χ2n) is 6.04. The van der Waals surface area contributed by atoms with E-state index in [1.807, 2.05) is 0 Å². The van der Waals surface area contributed by atoms with Crippen LogP contribution in [0.25, 0.3) is 0 Å². The van der Waals surface area contributed by atoms with Crippen molar-refractivity contribution in [1.29, 1.82) is 0 Å². The molecular weight excluding hydrogens is 260 g/mol. The van der Waals surface area contributed by atoms with Crippen molar-refractivity contribution >= 4 is 12.0 Å². The number of urea groups is 1. The Morgan fingerprint density at radius 2 is 2.00 bits per heavy atom. The minimum Gasteiger partial charge on any atom is -0.481 e. The Labute approximate surface area is 119 Å². The first-order valence-electron chi connectivity index (χ1n) is 7.33. The molecule has 0 radical (unpaired) electrons.